The molecule has 0 radical (unpaired) electrons. The maximum absolute atomic E-state index is 12.4. The summed E-state index contributed by atoms with van der Waals surface area (Å²) < 4.78 is 5.24. The normalized spacial score (nSPS) is 12.0. The largest absolute Gasteiger partial charge is 0.452 e. The Bertz CT molecular complexity index is 1050. The van der Waals surface area contributed by atoms with Gasteiger partial charge in [-0.1, -0.05) is 44.2 Å². The van der Waals surface area contributed by atoms with Crippen LogP contribution in [-0.4, -0.2) is 28.5 Å². The van der Waals surface area contributed by atoms with Gasteiger partial charge < -0.3 is 10.1 Å². The number of carbonyl (C=O) groups is 2. The molecule has 6 heteroatoms. The van der Waals surface area contributed by atoms with E-state index in [1.165, 1.54) is 0 Å². The van der Waals surface area contributed by atoms with Gasteiger partial charge in [0.05, 0.1) is 34.0 Å². The molecule has 2 aromatic carbocycles. The van der Waals surface area contributed by atoms with Crippen molar-refractivity contribution in [1.29, 1.82) is 0 Å². The van der Waals surface area contributed by atoms with Gasteiger partial charge in [-0.15, -0.1) is 0 Å². The summed E-state index contributed by atoms with van der Waals surface area (Å²) in [6, 6.07) is 14.7. The monoisotopic (exact) mass is 405 g/mol. The molecule has 0 fully saturated rings. The molecule has 0 spiro atoms. The molecule has 0 bridgehead atoms. The summed E-state index contributed by atoms with van der Waals surface area (Å²) in [5, 5.41) is 2.98. The molecule has 0 unspecified atom stereocenters. The van der Waals surface area contributed by atoms with Crippen LogP contribution in [-0.2, 0) is 9.53 Å². The van der Waals surface area contributed by atoms with Gasteiger partial charge in [-0.3, -0.25) is 4.79 Å². The van der Waals surface area contributed by atoms with Gasteiger partial charge in [0.15, 0.2) is 6.61 Å². The van der Waals surface area contributed by atoms with E-state index in [2.05, 4.69) is 29.1 Å². The molecule has 0 saturated heterocycles. The zero-order valence-electron chi connectivity index (χ0n) is 17.8. The van der Waals surface area contributed by atoms with Crippen molar-refractivity contribution in [3.8, 4) is 0 Å². The number of hydrogen-bond donors (Lipinski definition) is 1. The van der Waals surface area contributed by atoms with Crippen LogP contribution in [0.4, 0.5) is 0 Å². The summed E-state index contributed by atoms with van der Waals surface area (Å²) in [4.78, 5) is 33.8. The Labute approximate surface area is 176 Å². The minimum Gasteiger partial charge on any atom is -0.452 e. The van der Waals surface area contributed by atoms with E-state index in [9.17, 15) is 9.59 Å². The zero-order chi connectivity index (χ0) is 21.7. The first-order valence-electron chi connectivity index (χ1n) is 10.1. The molecule has 3 aromatic rings. The van der Waals surface area contributed by atoms with Gasteiger partial charge in [0.25, 0.3) is 5.91 Å². The predicted molar refractivity (Wildman–Crippen MR) is 116 cm³/mol. The Morgan fingerprint density at radius 2 is 1.63 bits per heavy atom. The second kappa shape index (κ2) is 9.48. The summed E-state index contributed by atoms with van der Waals surface area (Å²) in [6.07, 6.45) is 0.797. The van der Waals surface area contributed by atoms with Crippen LogP contribution in [0.3, 0.4) is 0 Å². The Kier molecular flexibility index (Phi) is 6.77. The van der Waals surface area contributed by atoms with Crippen molar-refractivity contribution >= 4 is 22.9 Å². The first kappa shape index (κ1) is 21.4. The first-order chi connectivity index (χ1) is 14.3. The van der Waals surface area contributed by atoms with Gasteiger partial charge in [0, 0.05) is 0 Å². The third-order valence-electron chi connectivity index (χ3n) is 4.89. The van der Waals surface area contributed by atoms with Gasteiger partial charge in [-0.2, -0.15) is 0 Å². The van der Waals surface area contributed by atoms with Crippen LogP contribution >= 0.6 is 0 Å². The van der Waals surface area contributed by atoms with Crippen LogP contribution in [0, 0.1) is 19.8 Å². The Morgan fingerprint density at radius 1 is 0.967 bits per heavy atom. The van der Waals surface area contributed by atoms with Crippen molar-refractivity contribution in [2.45, 2.75) is 40.2 Å². The number of aryl methyl sites for hydroxylation is 2. The van der Waals surface area contributed by atoms with Crippen molar-refractivity contribution in [3.63, 3.8) is 0 Å². The van der Waals surface area contributed by atoms with Gasteiger partial charge in [0.1, 0.15) is 0 Å². The fourth-order valence-corrected chi connectivity index (χ4v) is 3.24. The lowest BCUT2D eigenvalue weighted by Gasteiger charge is -2.21. The van der Waals surface area contributed by atoms with Gasteiger partial charge in [0.2, 0.25) is 0 Å². The highest BCUT2D eigenvalue weighted by Crippen LogP contribution is 2.21. The molecule has 1 aromatic heterocycles. The molecular formula is C24H27N3O3. The fourth-order valence-electron chi connectivity index (χ4n) is 3.24. The quantitative estimate of drug-likeness (QED) is 0.593. The van der Waals surface area contributed by atoms with Crippen molar-refractivity contribution < 1.29 is 14.3 Å². The SMILES string of the molecule is Cc1nc2ccc(C(=O)OCC(=O)N[C@H](CC(C)C)c3ccccc3)cc2nc1C. The molecule has 1 atom stereocenters. The molecule has 156 valence electrons. The lowest BCUT2D eigenvalue weighted by Crippen LogP contribution is -2.33. The molecule has 0 aliphatic rings. The van der Waals surface area contributed by atoms with Gasteiger partial charge in [-0.25, -0.2) is 14.8 Å². The number of nitrogens with one attached hydrogen (secondary N) is 1. The zero-order valence-corrected chi connectivity index (χ0v) is 17.8. The lowest BCUT2D eigenvalue weighted by atomic mass is 9.97. The average Bonchev–Trinajstić information content (AvgIpc) is 2.72. The lowest BCUT2D eigenvalue weighted by molar-refractivity contribution is -0.125. The number of rotatable bonds is 7. The van der Waals surface area contributed by atoms with E-state index in [0.717, 1.165) is 23.4 Å². The number of nitrogens with zero attached hydrogens (tertiary/aromatic N) is 2. The second-order valence-electron chi connectivity index (χ2n) is 7.83. The van der Waals surface area contributed by atoms with Crippen molar-refractivity contribution in [2.24, 2.45) is 5.92 Å². The number of esters is 1. The van der Waals surface area contributed by atoms with E-state index in [0.29, 0.717) is 22.5 Å². The third-order valence-corrected chi connectivity index (χ3v) is 4.89. The second-order valence-corrected chi connectivity index (χ2v) is 7.83. The van der Waals surface area contributed by atoms with Crippen LogP contribution in [0.15, 0.2) is 48.5 Å². The van der Waals surface area contributed by atoms with E-state index in [4.69, 9.17) is 4.74 Å². The van der Waals surface area contributed by atoms with Crippen LogP contribution < -0.4 is 5.32 Å². The van der Waals surface area contributed by atoms with Gasteiger partial charge in [-0.05, 0) is 49.9 Å². The maximum Gasteiger partial charge on any atom is 0.338 e. The number of benzene rings is 2. The summed E-state index contributed by atoms with van der Waals surface area (Å²) in [5.41, 5.74) is 4.37. The topological polar surface area (TPSA) is 81.2 Å². The third kappa shape index (κ3) is 5.41. The van der Waals surface area contributed by atoms with E-state index < -0.39 is 5.97 Å². The Hall–Kier alpha value is -3.28. The van der Waals surface area contributed by atoms with E-state index >= 15 is 0 Å². The number of hydrogen-bond acceptors (Lipinski definition) is 5. The Balaban J connectivity index is 1.64. The highest BCUT2D eigenvalue weighted by atomic mass is 16.5. The van der Waals surface area contributed by atoms with Crippen LogP contribution in [0.5, 0.6) is 0 Å². The van der Waals surface area contributed by atoms with E-state index in [1.807, 2.05) is 44.2 Å². The summed E-state index contributed by atoms with van der Waals surface area (Å²) in [5.74, 6) is -0.485. The molecular weight excluding hydrogens is 378 g/mol. The number of aromatic nitrogens is 2. The highest BCUT2D eigenvalue weighted by molar-refractivity contribution is 5.94. The number of amides is 1. The predicted octanol–water partition coefficient (Wildman–Crippen LogP) is 4.31. The smallest absolute Gasteiger partial charge is 0.338 e. The highest BCUT2D eigenvalue weighted by Gasteiger charge is 2.18. The molecule has 0 saturated carbocycles. The first-order valence-corrected chi connectivity index (χ1v) is 10.1. The molecule has 6 nitrogen and oxygen atoms in total. The standard InChI is InChI=1S/C24H27N3O3/c1-15(2)12-21(18-8-6-5-7-9-18)27-23(28)14-30-24(29)19-10-11-20-22(13-19)26-17(4)16(3)25-20/h5-11,13,15,21H,12,14H2,1-4H3,(H,27,28)/t21-/m1/s1. The van der Waals surface area contributed by atoms with Crippen LogP contribution in [0.2, 0.25) is 0 Å². The summed E-state index contributed by atoms with van der Waals surface area (Å²) >= 11 is 0. The molecule has 3 rings (SSSR count). The van der Waals surface area contributed by atoms with E-state index in [1.54, 1.807) is 18.2 Å². The van der Waals surface area contributed by atoms with Crippen LogP contribution in [0.25, 0.3) is 11.0 Å². The van der Waals surface area contributed by atoms with Crippen molar-refractivity contribution in [3.05, 3.63) is 71.0 Å². The number of ether oxygens (including phenoxy) is 1. The number of carbonyl (C=O) groups excluding carboxylic acids is 2. The molecule has 0 aliphatic carbocycles. The summed E-state index contributed by atoms with van der Waals surface area (Å²) in [7, 11) is 0. The van der Waals surface area contributed by atoms with Crippen molar-refractivity contribution in [1.82, 2.24) is 15.3 Å². The minimum absolute atomic E-state index is 0.125. The fraction of sp³-hybridized carbons (Fsp3) is 0.333. The average molecular weight is 405 g/mol. The minimum atomic E-state index is -0.563. The van der Waals surface area contributed by atoms with Crippen LogP contribution in [0.1, 0.15) is 53.6 Å². The molecule has 1 amide bonds. The number of fused-ring (bicyclic) bond motifs is 1. The molecule has 1 heterocycles. The molecule has 0 aliphatic heterocycles. The van der Waals surface area contributed by atoms with E-state index in [-0.39, 0.29) is 18.6 Å². The summed E-state index contributed by atoms with van der Waals surface area (Å²) in [6.45, 7) is 7.64. The van der Waals surface area contributed by atoms with Crippen molar-refractivity contribution in [2.75, 3.05) is 6.61 Å². The molecule has 30 heavy (non-hydrogen) atoms. The maximum atomic E-state index is 12.4. The Morgan fingerprint density at radius 3 is 2.30 bits per heavy atom. The van der Waals surface area contributed by atoms with Gasteiger partial charge >= 0.3 is 5.97 Å². The molecule has 1 N–H and O–H groups in total.